The zero-order chi connectivity index (χ0) is 10.7. The van der Waals surface area contributed by atoms with Crippen molar-refractivity contribution >= 4 is 0 Å². The Morgan fingerprint density at radius 2 is 2.21 bits per heavy atom. The van der Waals surface area contributed by atoms with Crippen LogP contribution in [0.25, 0.3) is 0 Å². The Labute approximate surface area is 80.6 Å². The van der Waals surface area contributed by atoms with Crippen molar-refractivity contribution in [2.75, 3.05) is 0 Å². The monoisotopic (exact) mass is 202 g/mol. The van der Waals surface area contributed by atoms with Crippen molar-refractivity contribution in [3.63, 3.8) is 0 Å². The molecule has 1 aromatic rings. The van der Waals surface area contributed by atoms with Crippen molar-refractivity contribution in [3.8, 4) is 0 Å². The predicted octanol–water partition coefficient (Wildman–Crippen LogP) is 1.28. The molecular formula is C9H12F2N2O. The molecule has 0 atom stereocenters. The van der Waals surface area contributed by atoms with Gasteiger partial charge in [0.05, 0.1) is 12.3 Å². The number of aromatic nitrogens is 1. The van der Waals surface area contributed by atoms with Crippen LogP contribution >= 0.6 is 0 Å². The molecule has 1 aromatic heterocycles. The highest BCUT2D eigenvalue weighted by Gasteiger charge is 2.15. The van der Waals surface area contributed by atoms with Gasteiger partial charge >= 0.3 is 0 Å². The number of hydrogen-bond acceptors (Lipinski definition) is 3. The zero-order valence-electron chi connectivity index (χ0n) is 7.80. The van der Waals surface area contributed by atoms with Crippen molar-refractivity contribution in [1.82, 2.24) is 4.98 Å². The Kier molecular flexibility index (Phi) is 3.49. The van der Waals surface area contributed by atoms with Crippen LogP contribution in [0.3, 0.4) is 0 Å². The molecule has 0 spiro atoms. The van der Waals surface area contributed by atoms with E-state index in [0.717, 1.165) is 0 Å². The van der Waals surface area contributed by atoms with Gasteiger partial charge in [-0.25, -0.2) is 13.8 Å². The quantitative estimate of drug-likeness (QED) is 0.776. The summed E-state index contributed by atoms with van der Waals surface area (Å²) >= 11 is 0. The third kappa shape index (κ3) is 2.05. The fourth-order valence-corrected chi connectivity index (χ4v) is 1.26. The van der Waals surface area contributed by atoms with Crippen LogP contribution in [0.5, 0.6) is 0 Å². The fraction of sp³-hybridized carbons (Fsp3) is 0.444. The maximum atomic E-state index is 12.4. The zero-order valence-corrected chi connectivity index (χ0v) is 7.80. The lowest BCUT2D eigenvalue weighted by molar-refractivity contribution is 0.144. The Bertz CT molecular complexity index is 329. The summed E-state index contributed by atoms with van der Waals surface area (Å²) in [6.45, 7) is 1.35. The molecule has 0 aliphatic carbocycles. The smallest absolute Gasteiger partial charge is 0.280 e. The molecule has 0 amide bonds. The number of aryl methyl sites for hydroxylation is 1. The average Bonchev–Trinajstić information content (AvgIpc) is 2.16. The first kappa shape index (κ1) is 11.0. The van der Waals surface area contributed by atoms with E-state index in [0.29, 0.717) is 16.8 Å². The summed E-state index contributed by atoms with van der Waals surface area (Å²) in [5.74, 6) is 0. The molecule has 0 aliphatic heterocycles. The van der Waals surface area contributed by atoms with Gasteiger partial charge in [-0.3, -0.25) is 0 Å². The van der Waals surface area contributed by atoms with E-state index in [9.17, 15) is 8.78 Å². The second-order valence-electron chi connectivity index (χ2n) is 2.96. The molecule has 14 heavy (non-hydrogen) atoms. The summed E-state index contributed by atoms with van der Waals surface area (Å²) in [6, 6.07) is 1.50. The maximum absolute atomic E-state index is 12.4. The molecule has 0 saturated heterocycles. The molecular weight excluding hydrogens is 190 g/mol. The summed E-state index contributed by atoms with van der Waals surface area (Å²) in [6.07, 6.45) is -2.60. The van der Waals surface area contributed by atoms with Gasteiger partial charge in [0.25, 0.3) is 6.43 Å². The maximum Gasteiger partial charge on any atom is 0.280 e. The van der Waals surface area contributed by atoms with Crippen LogP contribution < -0.4 is 5.73 Å². The average molecular weight is 202 g/mol. The third-order valence-corrected chi connectivity index (χ3v) is 1.99. The first-order valence-corrected chi connectivity index (χ1v) is 4.18. The van der Waals surface area contributed by atoms with Crippen molar-refractivity contribution in [1.29, 1.82) is 0 Å². The number of aliphatic hydroxyl groups excluding tert-OH is 1. The van der Waals surface area contributed by atoms with Crippen LogP contribution in [0.15, 0.2) is 6.07 Å². The molecule has 0 radical (unpaired) electrons. The molecule has 5 heteroatoms. The van der Waals surface area contributed by atoms with E-state index in [-0.39, 0.29) is 18.8 Å². The number of nitrogens with two attached hydrogens (primary N) is 1. The summed E-state index contributed by atoms with van der Waals surface area (Å²) < 4.78 is 24.8. The number of alkyl halides is 2. The molecule has 0 aliphatic rings. The molecule has 3 nitrogen and oxygen atoms in total. The van der Waals surface area contributed by atoms with Gasteiger partial charge in [0.1, 0.15) is 5.69 Å². The lowest BCUT2D eigenvalue weighted by Gasteiger charge is -2.10. The lowest BCUT2D eigenvalue weighted by Crippen LogP contribution is -2.08. The largest absolute Gasteiger partial charge is 0.392 e. The standard InChI is InChI=1S/C9H12F2N2O/c1-5-2-6(4-14)7(3-12)13-8(5)9(10)11/h2,9,14H,3-4,12H2,1H3. The van der Waals surface area contributed by atoms with Crippen molar-refractivity contribution in [2.24, 2.45) is 5.73 Å². The van der Waals surface area contributed by atoms with Gasteiger partial charge < -0.3 is 10.8 Å². The number of nitrogens with zero attached hydrogens (tertiary/aromatic N) is 1. The van der Waals surface area contributed by atoms with E-state index in [4.69, 9.17) is 10.8 Å². The molecule has 0 aromatic carbocycles. The minimum Gasteiger partial charge on any atom is -0.392 e. The molecule has 1 rings (SSSR count). The first-order chi connectivity index (χ1) is 6.60. The Morgan fingerprint density at radius 3 is 2.64 bits per heavy atom. The highest BCUT2D eigenvalue weighted by atomic mass is 19.3. The number of hydrogen-bond donors (Lipinski definition) is 2. The van der Waals surface area contributed by atoms with Crippen LogP contribution in [0.2, 0.25) is 0 Å². The number of halogens is 2. The molecule has 0 bridgehead atoms. The molecule has 0 saturated carbocycles. The van der Waals surface area contributed by atoms with Crippen molar-refractivity contribution in [3.05, 3.63) is 28.6 Å². The highest BCUT2D eigenvalue weighted by Crippen LogP contribution is 2.22. The number of pyridine rings is 1. The van der Waals surface area contributed by atoms with Crippen LogP contribution in [0.4, 0.5) is 8.78 Å². The summed E-state index contributed by atoms with van der Waals surface area (Å²) in [7, 11) is 0. The fourth-order valence-electron chi connectivity index (χ4n) is 1.26. The topological polar surface area (TPSA) is 59.1 Å². The van der Waals surface area contributed by atoms with E-state index in [2.05, 4.69) is 4.98 Å². The second kappa shape index (κ2) is 4.43. The van der Waals surface area contributed by atoms with Gasteiger partial charge in [0, 0.05) is 12.1 Å². The van der Waals surface area contributed by atoms with Gasteiger partial charge in [0.15, 0.2) is 0 Å². The van der Waals surface area contributed by atoms with Crippen LogP contribution in [-0.4, -0.2) is 10.1 Å². The molecule has 0 fully saturated rings. The van der Waals surface area contributed by atoms with E-state index in [1.54, 1.807) is 0 Å². The van der Waals surface area contributed by atoms with Gasteiger partial charge in [-0.2, -0.15) is 0 Å². The SMILES string of the molecule is Cc1cc(CO)c(CN)nc1C(F)F. The number of aliphatic hydroxyl groups is 1. The van der Waals surface area contributed by atoms with Gasteiger partial charge in [-0.15, -0.1) is 0 Å². The summed E-state index contributed by atoms with van der Waals surface area (Å²) in [5, 5.41) is 8.92. The van der Waals surface area contributed by atoms with E-state index >= 15 is 0 Å². The van der Waals surface area contributed by atoms with Crippen LogP contribution in [0, 0.1) is 6.92 Å². The third-order valence-electron chi connectivity index (χ3n) is 1.99. The Morgan fingerprint density at radius 1 is 1.57 bits per heavy atom. The molecule has 0 unspecified atom stereocenters. The van der Waals surface area contributed by atoms with E-state index in [1.165, 1.54) is 13.0 Å². The normalized spacial score (nSPS) is 11.0. The Hall–Kier alpha value is -1.07. The van der Waals surface area contributed by atoms with Crippen LogP contribution in [0.1, 0.15) is 28.9 Å². The minimum absolute atomic E-state index is 0.0515. The van der Waals surface area contributed by atoms with E-state index in [1.807, 2.05) is 0 Å². The summed E-state index contributed by atoms with van der Waals surface area (Å²) in [4.78, 5) is 3.73. The molecule has 3 N–H and O–H groups in total. The van der Waals surface area contributed by atoms with Gasteiger partial charge in [-0.05, 0) is 18.6 Å². The molecule has 78 valence electrons. The van der Waals surface area contributed by atoms with Gasteiger partial charge in [0.2, 0.25) is 0 Å². The first-order valence-electron chi connectivity index (χ1n) is 4.18. The van der Waals surface area contributed by atoms with E-state index < -0.39 is 6.43 Å². The minimum atomic E-state index is -2.60. The van der Waals surface area contributed by atoms with Crippen LogP contribution in [-0.2, 0) is 13.2 Å². The summed E-state index contributed by atoms with van der Waals surface area (Å²) in [5.41, 5.74) is 6.28. The Balaban J connectivity index is 3.23. The van der Waals surface area contributed by atoms with Crippen molar-refractivity contribution < 1.29 is 13.9 Å². The molecule has 1 heterocycles. The van der Waals surface area contributed by atoms with Gasteiger partial charge in [-0.1, -0.05) is 0 Å². The van der Waals surface area contributed by atoms with Crippen molar-refractivity contribution in [2.45, 2.75) is 26.5 Å². The lowest BCUT2D eigenvalue weighted by atomic mass is 10.1. The second-order valence-corrected chi connectivity index (χ2v) is 2.96. The number of rotatable bonds is 3. The predicted molar refractivity (Wildman–Crippen MR) is 47.7 cm³/mol. The highest BCUT2D eigenvalue weighted by molar-refractivity contribution is 5.30.